The molecule has 6 heteroatoms. The third kappa shape index (κ3) is 60.8. The highest BCUT2D eigenvalue weighted by Crippen LogP contribution is 2.18. The average molecular weight is 1040 g/mol. The molecule has 0 aliphatic heterocycles. The maximum Gasteiger partial charge on any atom is 0.306 e. The normalized spacial score (nSPS) is 12.1. The van der Waals surface area contributed by atoms with Crippen LogP contribution in [0.1, 0.15) is 374 Å². The van der Waals surface area contributed by atoms with E-state index in [-0.39, 0.29) is 31.1 Å². The van der Waals surface area contributed by atoms with E-state index in [9.17, 15) is 14.4 Å². The highest BCUT2D eigenvalue weighted by Gasteiger charge is 2.19. The number of hydrogen-bond acceptors (Lipinski definition) is 6. The number of carbonyl (C=O) groups excluding carboxylic acids is 3. The van der Waals surface area contributed by atoms with E-state index in [2.05, 4.69) is 45.1 Å². The van der Waals surface area contributed by atoms with Crippen molar-refractivity contribution in [2.45, 2.75) is 380 Å². The number of unbranched alkanes of at least 4 members (excludes halogenated alkanes) is 47. The number of hydrogen-bond donors (Lipinski definition) is 0. The first-order valence-corrected chi connectivity index (χ1v) is 33.3. The van der Waals surface area contributed by atoms with Crippen molar-refractivity contribution in [2.24, 2.45) is 0 Å². The third-order valence-electron chi connectivity index (χ3n) is 15.2. The minimum absolute atomic E-state index is 0.0651. The fraction of sp³-hybridized carbons (Fsp3) is 0.897. The average Bonchev–Trinajstić information content (AvgIpc) is 3.40. The lowest BCUT2D eigenvalue weighted by molar-refractivity contribution is -0.167. The van der Waals surface area contributed by atoms with Crippen molar-refractivity contribution in [3.05, 3.63) is 24.3 Å². The maximum atomic E-state index is 12.8. The van der Waals surface area contributed by atoms with Gasteiger partial charge in [0.25, 0.3) is 0 Å². The van der Waals surface area contributed by atoms with Crippen LogP contribution in [0.2, 0.25) is 0 Å². The molecule has 0 fully saturated rings. The molecule has 6 nitrogen and oxygen atoms in total. The molecular weight excluding hydrogens is 913 g/mol. The van der Waals surface area contributed by atoms with Crippen molar-refractivity contribution in [1.82, 2.24) is 0 Å². The minimum Gasteiger partial charge on any atom is -0.462 e. The zero-order chi connectivity index (χ0) is 53.6. The summed E-state index contributed by atoms with van der Waals surface area (Å²) in [4.78, 5) is 37.9. The predicted molar refractivity (Wildman–Crippen MR) is 321 cm³/mol. The van der Waals surface area contributed by atoms with Gasteiger partial charge in [-0.2, -0.15) is 0 Å². The summed E-state index contributed by atoms with van der Waals surface area (Å²) in [5, 5.41) is 0. The highest BCUT2D eigenvalue weighted by molar-refractivity contribution is 5.71. The molecule has 0 amide bonds. The zero-order valence-corrected chi connectivity index (χ0v) is 50.1. The Hall–Kier alpha value is -2.11. The van der Waals surface area contributed by atoms with Gasteiger partial charge in [-0.1, -0.05) is 328 Å². The summed E-state index contributed by atoms with van der Waals surface area (Å²) in [6, 6.07) is 0. The second kappa shape index (κ2) is 63.4. The first-order valence-electron chi connectivity index (χ1n) is 33.3. The van der Waals surface area contributed by atoms with Gasteiger partial charge < -0.3 is 14.2 Å². The van der Waals surface area contributed by atoms with Gasteiger partial charge in [-0.05, 0) is 51.4 Å². The summed E-state index contributed by atoms with van der Waals surface area (Å²) in [5.74, 6) is -0.853. The number of rotatable bonds is 62. The Morgan fingerprint density at radius 1 is 0.270 bits per heavy atom. The Kier molecular flexibility index (Phi) is 61.6. The monoisotopic (exact) mass is 1040 g/mol. The Labute approximate surface area is 462 Å². The Balaban J connectivity index is 3.91. The lowest BCUT2D eigenvalue weighted by Gasteiger charge is -2.18. The third-order valence-corrected chi connectivity index (χ3v) is 15.2. The zero-order valence-electron chi connectivity index (χ0n) is 50.1. The molecule has 0 aromatic heterocycles. The molecule has 436 valence electrons. The van der Waals surface area contributed by atoms with Crippen molar-refractivity contribution < 1.29 is 28.6 Å². The number of esters is 3. The molecule has 0 radical (unpaired) electrons. The van der Waals surface area contributed by atoms with Crippen LogP contribution in [-0.2, 0) is 28.6 Å². The van der Waals surface area contributed by atoms with Crippen molar-refractivity contribution in [2.75, 3.05) is 13.2 Å². The second-order valence-corrected chi connectivity index (χ2v) is 22.7. The molecule has 0 aromatic rings. The molecule has 1 unspecified atom stereocenters. The van der Waals surface area contributed by atoms with Crippen molar-refractivity contribution >= 4 is 17.9 Å². The van der Waals surface area contributed by atoms with Crippen LogP contribution in [0.5, 0.6) is 0 Å². The van der Waals surface area contributed by atoms with E-state index in [1.165, 1.54) is 263 Å². The second-order valence-electron chi connectivity index (χ2n) is 22.7. The van der Waals surface area contributed by atoms with Crippen molar-refractivity contribution in [1.29, 1.82) is 0 Å². The van der Waals surface area contributed by atoms with E-state index in [0.717, 1.165) is 70.6 Å². The molecule has 0 aliphatic carbocycles. The van der Waals surface area contributed by atoms with E-state index in [4.69, 9.17) is 14.2 Å². The van der Waals surface area contributed by atoms with Crippen molar-refractivity contribution in [3.8, 4) is 0 Å². The molecule has 0 aliphatic rings. The molecule has 0 bridgehead atoms. The number of ether oxygens (including phenoxy) is 3. The molecule has 74 heavy (non-hydrogen) atoms. The molecule has 0 N–H and O–H groups in total. The topological polar surface area (TPSA) is 78.9 Å². The summed E-state index contributed by atoms with van der Waals surface area (Å²) in [6.45, 7) is 6.61. The fourth-order valence-electron chi connectivity index (χ4n) is 10.2. The summed E-state index contributed by atoms with van der Waals surface area (Å²) < 4.78 is 16.8. The molecule has 0 saturated carbocycles. The number of allylic oxidation sites excluding steroid dienone is 4. The van der Waals surface area contributed by atoms with Crippen LogP contribution in [0.3, 0.4) is 0 Å². The van der Waals surface area contributed by atoms with Gasteiger partial charge in [-0.15, -0.1) is 0 Å². The van der Waals surface area contributed by atoms with Gasteiger partial charge in [0.1, 0.15) is 13.2 Å². The molecule has 0 rings (SSSR count). The van der Waals surface area contributed by atoms with Crippen LogP contribution in [0.15, 0.2) is 24.3 Å². The van der Waals surface area contributed by atoms with E-state index >= 15 is 0 Å². The molecule has 0 aromatic carbocycles. The maximum absolute atomic E-state index is 12.8. The SMILES string of the molecule is CCCCCCC/C=C\C/C=C\CCCCCCCCCCCCCCCCCCCCCC(=O)OCC(COC(=O)CCCCCCC)OC(=O)CCCCCCCCCCCCCCCCCCCCCC. The fourth-order valence-corrected chi connectivity index (χ4v) is 10.2. The van der Waals surface area contributed by atoms with E-state index in [0.29, 0.717) is 19.3 Å². The lowest BCUT2D eigenvalue weighted by Crippen LogP contribution is -2.30. The largest absolute Gasteiger partial charge is 0.462 e. The predicted octanol–water partition coefficient (Wildman–Crippen LogP) is 22.6. The van der Waals surface area contributed by atoms with Crippen LogP contribution in [0.25, 0.3) is 0 Å². The van der Waals surface area contributed by atoms with Gasteiger partial charge in [-0.25, -0.2) is 0 Å². The smallest absolute Gasteiger partial charge is 0.306 e. The standard InChI is InChI=1S/C68H128O6/c1-4-7-10-13-15-17-19-21-23-25-27-29-30-31-32-33-34-35-36-37-38-39-41-42-44-46-48-50-52-55-58-61-67(70)73-64-65(63-72-66(69)60-57-54-12-9-6-3)74-68(71)62-59-56-53-51-49-47-45-43-40-28-26-24-22-20-18-16-14-11-8-5-2/h19,21,25,27,65H,4-18,20,22-24,26,28-64H2,1-3H3/b21-19-,27-25-. The van der Waals surface area contributed by atoms with E-state index < -0.39 is 6.10 Å². The van der Waals surface area contributed by atoms with Gasteiger partial charge in [0, 0.05) is 19.3 Å². The van der Waals surface area contributed by atoms with Crippen LogP contribution < -0.4 is 0 Å². The minimum atomic E-state index is -0.763. The quantitative estimate of drug-likeness (QED) is 0.0261. The van der Waals surface area contributed by atoms with Gasteiger partial charge >= 0.3 is 17.9 Å². The summed E-state index contributed by atoms with van der Waals surface area (Å²) in [6.07, 6.45) is 76.9. The lowest BCUT2D eigenvalue weighted by atomic mass is 10.0. The van der Waals surface area contributed by atoms with E-state index in [1.807, 2.05) is 0 Å². The Bertz CT molecular complexity index is 1190. The molecule has 0 heterocycles. The molecular formula is C68H128O6. The van der Waals surface area contributed by atoms with Gasteiger partial charge in [0.2, 0.25) is 0 Å². The van der Waals surface area contributed by atoms with E-state index in [1.54, 1.807) is 0 Å². The first-order chi connectivity index (χ1) is 36.5. The van der Waals surface area contributed by atoms with Gasteiger partial charge in [-0.3, -0.25) is 14.4 Å². The summed E-state index contributed by atoms with van der Waals surface area (Å²) in [7, 11) is 0. The Morgan fingerprint density at radius 2 is 0.486 bits per heavy atom. The number of carbonyl (C=O) groups is 3. The van der Waals surface area contributed by atoms with Crippen molar-refractivity contribution in [3.63, 3.8) is 0 Å². The van der Waals surface area contributed by atoms with Gasteiger partial charge in [0.15, 0.2) is 6.10 Å². The molecule has 0 spiro atoms. The summed E-state index contributed by atoms with van der Waals surface area (Å²) >= 11 is 0. The molecule has 0 saturated heterocycles. The highest BCUT2D eigenvalue weighted by atomic mass is 16.6. The first kappa shape index (κ1) is 71.9. The van der Waals surface area contributed by atoms with Crippen LogP contribution in [0.4, 0.5) is 0 Å². The van der Waals surface area contributed by atoms with Gasteiger partial charge in [0.05, 0.1) is 0 Å². The van der Waals surface area contributed by atoms with Crippen LogP contribution >= 0.6 is 0 Å². The summed E-state index contributed by atoms with van der Waals surface area (Å²) in [5.41, 5.74) is 0. The van der Waals surface area contributed by atoms with Crippen LogP contribution in [0, 0.1) is 0 Å². The molecule has 1 atom stereocenters. The van der Waals surface area contributed by atoms with Crippen LogP contribution in [-0.4, -0.2) is 37.2 Å². The Morgan fingerprint density at radius 3 is 0.743 bits per heavy atom.